The van der Waals surface area contributed by atoms with Crippen LogP contribution < -0.4 is 19.8 Å². The molecule has 0 saturated carbocycles. The molecule has 0 amide bonds. The van der Waals surface area contributed by atoms with Crippen LogP contribution in [0, 0.1) is 0 Å². The Morgan fingerprint density at radius 2 is 1.68 bits per heavy atom. The number of benzene rings is 2. The summed E-state index contributed by atoms with van der Waals surface area (Å²) >= 11 is 0. The van der Waals surface area contributed by atoms with E-state index in [1.165, 1.54) is 5.57 Å². The van der Waals surface area contributed by atoms with E-state index in [9.17, 15) is 9.59 Å². The standard InChI is InChI=1S/C32H36O6/c1-5-6-7-11-21-35-27-19-13-18-26-28(27)37-32(34)30(36-22-20-24(4)15-12-14-23(2)3)29(26)38-31(33)25-16-9-8-10-17-25/h6-10,13-14,16-20H,5,11-12,15,21-22H2,1-4H3/b7-6?,24-20+. The van der Waals surface area contributed by atoms with Gasteiger partial charge in [-0.3, -0.25) is 0 Å². The Labute approximate surface area is 224 Å². The molecule has 0 saturated heterocycles. The summed E-state index contributed by atoms with van der Waals surface area (Å²) in [6, 6.07) is 13.8. The minimum atomic E-state index is -0.745. The summed E-state index contributed by atoms with van der Waals surface area (Å²) in [4.78, 5) is 26.1. The number of hydrogen-bond acceptors (Lipinski definition) is 6. The molecule has 3 rings (SSSR count). The van der Waals surface area contributed by atoms with Gasteiger partial charge in [-0.05, 0) is 76.8 Å². The van der Waals surface area contributed by atoms with E-state index in [4.69, 9.17) is 18.6 Å². The zero-order valence-electron chi connectivity index (χ0n) is 22.6. The van der Waals surface area contributed by atoms with E-state index >= 15 is 0 Å². The molecular formula is C32H36O6. The molecule has 0 radical (unpaired) electrons. The highest BCUT2D eigenvalue weighted by atomic mass is 16.6. The lowest BCUT2D eigenvalue weighted by Crippen LogP contribution is -2.15. The van der Waals surface area contributed by atoms with Gasteiger partial charge in [0.1, 0.15) is 6.61 Å². The molecule has 1 aromatic heterocycles. The monoisotopic (exact) mass is 516 g/mol. The second kappa shape index (κ2) is 14.6. The molecule has 6 heteroatoms. The molecule has 0 bridgehead atoms. The lowest BCUT2D eigenvalue weighted by atomic mass is 10.1. The number of esters is 1. The van der Waals surface area contributed by atoms with Crippen molar-refractivity contribution in [3.8, 4) is 17.2 Å². The van der Waals surface area contributed by atoms with Gasteiger partial charge in [0.15, 0.2) is 17.1 Å². The van der Waals surface area contributed by atoms with E-state index in [0.29, 0.717) is 29.7 Å². The van der Waals surface area contributed by atoms with Gasteiger partial charge < -0.3 is 18.6 Å². The van der Waals surface area contributed by atoms with E-state index in [-0.39, 0.29) is 23.7 Å². The number of rotatable bonds is 13. The second-order valence-corrected chi connectivity index (χ2v) is 9.13. The average molecular weight is 517 g/mol. The van der Waals surface area contributed by atoms with Crippen LogP contribution in [0.4, 0.5) is 0 Å². The summed E-state index contributed by atoms with van der Waals surface area (Å²) in [5, 5.41) is 0.412. The van der Waals surface area contributed by atoms with Crippen LogP contribution >= 0.6 is 0 Å². The Bertz CT molecular complexity index is 1360. The van der Waals surface area contributed by atoms with Gasteiger partial charge in [0.25, 0.3) is 0 Å². The number of para-hydroxylation sites is 1. The van der Waals surface area contributed by atoms with Crippen LogP contribution in [0.25, 0.3) is 11.0 Å². The normalized spacial score (nSPS) is 11.5. The molecule has 0 N–H and O–H groups in total. The number of carbonyl (C=O) groups is 1. The highest BCUT2D eigenvalue weighted by molar-refractivity contribution is 5.96. The number of hydrogen-bond donors (Lipinski definition) is 0. The van der Waals surface area contributed by atoms with Crippen molar-refractivity contribution in [3.05, 3.63) is 100.0 Å². The molecule has 0 aliphatic heterocycles. The van der Waals surface area contributed by atoms with E-state index in [1.54, 1.807) is 42.5 Å². The van der Waals surface area contributed by atoms with Gasteiger partial charge in [0.05, 0.1) is 17.6 Å². The molecular weight excluding hydrogens is 480 g/mol. The quantitative estimate of drug-likeness (QED) is 0.0998. The van der Waals surface area contributed by atoms with Crippen LogP contribution in [0.15, 0.2) is 93.2 Å². The number of carbonyl (C=O) groups excluding carboxylic acids is 1. The van der Waals surface area contributed by atoms with E-state index in [1.807, 2.05) is 25.1 Å². The molecule has 6 nitrogen and oxygen atoms in total. The summed E-state index contributed by atoms with van der Waals surface area (Å²) in [5.41, 5.74) is 2.21. The summed E-state index contributed by atoms with van der Waals surface area (Å²) in [6.07, 6.45) is 11.7. The van der Waals surface area contributed by atoms with Crippen molar-refractivity contribution in [2.45, 2.75) is 53.4 Å². The van der Waals surface area contributed by atoms with Gasteiger partial charge in [-0.25, -0.2) is 9.59 Å². The van der Waals surface area contributed by atoms with Crippen LogP contribution in [0.1, 0.15) is 63.7 Å². The van der Waals surface area contributed by atoms with Gasteiger partial charge in [-0.1, -0.05) is 60.6 Å². The maximum Gasteiger partial charge on any atom is 0.383 e. The molecule has 0 fully saturated rings. The number of fused-ring (bicyclic) bond motifs is 1. The molecule has 3 aromatic rings. The highest BCUT2D eigenvalue weighted by Crippen LogP contribution is 2.37. The fourth-order valence-corrected chi connectivity index (χ4v) is 3.70. The SMILES string of the molecule is CCC=CCCOc1cccc2c(OC(=O)c3ccccc3)c(OC/C=C(\C)CCC=C(C)C)c(=O)oc12. The van der Waals surface area contributed by atoms with Crippen LogP contribution in [-0.2, 0) is 0 Å². The van der Waals surface area contributed by atoms with Crippen molar-refractivity contribution in [2.24, 2.45) is 0 Å². The molecule has 2 aromatic carbocycles. The van der Waals surface area contributed by atoms with Crippen molar-refractivity contribution in [3.63, 3.8) is 0 Å². The Morgan fingerprint density at radius 1 is 0.895 bits per heavy atom. The molecule has 0 aliphatic rings. The summed E-state index contributed by atoms with van der Waals surface area (Å²) in [5.74, 6) is -0.356. The van der Waals surface area contributed by atoms with Gasteiger partial charge >= 0.3 is 11.6 Å². The smallest absolute Gasteiger partial charge is 0.383 e. The third kappa shape index (κ3) is 8.23. The maximum absolute atomic E-state index is 13.1. The lowest BCUT2D eigenvalue weighted by Gasteiger charge is -2.14. The maximum atomic E-state index is 13.1. The summed E-state index contributed by atoms with van der Waals surface area (Å²) in [6.45, 7) is 8.76. The van der Waals surface area contributed by atoms with Crippen molar-refractivity contribution in [2.75, 3.05) is 13.2 Å². The zero-order valence-corrected chi connectivity index (χ0v) is 22.6. The Balaban J connectivity index is 1.94. The van der Waals surface area contributed by atoms with Gasteiger partial charge in [0, 0.05) is 0 Å². The lowest BCUT2D eigenvalue weighted by molar-refractivity contribution is 0.0730. The minimum absolute atomic E-state index is 0.0111. The summed E-state index contributed by atoms with van der Waals surface area (Å²) in [7, 11) is 0. The fraction of sp³-hybridized carbons (Fsp3) is 0.312. The predicted octanol–water partition coefficient (Wildman–Crippen LogP) is 7.82. The van der Waals surface area contributed by atoms with Crippen LogP contribution in [0.2, 0.25) is 0 Å². The fourth-order valence-electron chi connectivity index (χ4n) is 3.70. The van der Waals surface area contributed by atoms with Crippen molar-refractivity contribution < 1.29 is 23.4 Å². The first-order valence-electron chi connectivity index (χ1n) is 13.0. The zero-order chi connectivity index (χ0) is 27.3. The van der Waals surface area contributed by atoms with Crippen LogP contribution in [0.3, 0.4) is 0 Å². The van der Waals surface area contributed by atoms with E-state index < -0.39 is 11.6 Å². The minimum Gasteiger partial charge on any atom is -0.489 e. The predicted molar refractivity (Wildman–Crippen MR) is 151 cm³/mol. The highest BCUT2D eigenvalue weighted by Gasteiger charge is 2.23. The first kappa shape index (κ1) is 28.5. The molecule has 1 heterocycles. The van der Waals surface area contributed by atoms with Crippen LogP contribution in [-0.4, -0.2) is 19.2 Å². The van der Waals surface area contributed by atoms with Crippen molar-refractivity contribution >= 4 is 16.9 Å². The molecule has 0 atom stereocenters. The summed E-state index contributed by atoms with van der Waals surface area (Å²) < 4.78 is 23.1. The molecule has 0 aliphatic carbocycles. The van der Waals surface area contributed by atoms with E-state index in [0.717, 1.165) is 24.8 Å². The second-order valence-electron chi connectivity index (χ2n) is 9.13. The first-order chi connectivity index (χ1) is 18.4. The molecule has 38 heavy (non-hydrogen) atoms. The Hall–Kier alpha value is -4.06. The third-order valence-electron chi connectivity index (χ3n) is 5.71. The van der Waals surface area contributed by atoms with Gasteiger partial charge in [-0.2, -0.15) is 0 Å². The van der Waals surface area contributed by atoms with Crippen molar-refractivity contribution in [1.29, 1.82) is 0 Å². The third-order valence-corrected chi connectivity index (χ3v) is 5.71. The largest absolute Gasteiger partial charge is 0.489 e. The van der Waals surface area contributed by atoms with Crippen molar-refractivity contribution in [1.82, 2.24) is 0 Å². The van der Waals surface area contributed by atoms with Crippen LogP contribution in [0.5, 0.6) is 17.2 Å². The number of ether oxygens (including phenoxy) is 3. The van der Waals surface area contributed by atoms with Gasteiger partial charge in [0.2, 0.25) is 5.75 Å². The Morgan fingerprint density at radius 3 is 2.42 bits per heavy atom. The van der Waals surface area contributed by atoms with Gasteiger partial charge in [-0.15, -0.1) is 0 Å². The topological polar surface area (TPSA) is 75.0 Å². The Kier molecular flexibility index (Phi) is 11.0. The van der Waals surface area contributed by atoms with E-state index in [2.05, 4.69) is 32.9 Å². The molecule has 200 valence electrons. The molecule has 0 spiro atoms. The molecule has 0 unspecified atom stereocenters. The first-order valence-corrected chi connectivity index (χ1v) is 13.0. The number of allylic oxidation sites excluding steroid dienone is 4. The average Bonchev–Trinajstić information content (AvgIpc) is 2.90.